The van der Waals surface area contributed by atoms with Crippen LogP contribution < -0.4 is 4.74 Å². The van der Waals surface area contributed by atoms with Crippen LogP contribution in [0.15, 0.2) is 54.6 Å². The Bertz CT molecular complexity index is 1790. The third kappa shape index (κ3) is 7.35. The Balaban J connectivity index is 1.54. The largest absolute Gasteiger partial charge is 0.429 e. The fourth-order valence-electron chi connectivity index (χ4n) is 3.93. The molecule has 226 valence electrons. The lowest BCUT2D eigenvalue weighted by Gasteiger charge is -2.19. The molecule has 0 aliphatic carbocycles. The Labute approximate surface area is 245 Å². The van der Waals surface area contributed by atoms with Gasteiger partial charge in [0.1, 0.15) is 40.4 Å². The van der Waals surface area contributed by atoms with Gasteiger partial charge >= 0.3 is 6.11 Å². The van der Waals surface area contributed by atoms with Crippen molar-refractivity contribution < 1.29 is 48.6 Å². The molecule has 44 heavy (non-hydrogen) atoms. The van der Waals surface area contributed by atoms with Crippen molar-refractivity contribution in [1.29, 1.82) is 0 Å². The zero-order chi connectivity index (χ0) is 32.2. The van der Waals surface area contributed by atoms with Gasteiger partial charge in [-0.3, -0.25) is 0 Å². The molecule has 0 atom stereocenters. The van der Waals surface area contributed by atoms with Crippen LogP contribution in [0.5, 0.6) is 5.75 Å². The molecule has 0 heterocycles. The van der Waals surface area contributed by atoms with Gasteiger partial charge in [0, 0.05) is 23.3 Å². The van der Waals surface area contributed by atoms with E-state index in [1.807, 2.05) is 18.8 Å². The summed E-state index contributed by atoms with van der Waals surface area (Å²) >= 11 is 0. The summed E-state index contributed by atoms with van der Waals surface area (Å²) in [6.07, 6.45) is -2.46. The topological polar surface area (TPSA) is 9.23 Å². The zero-order valence-corrected chi connectivity index (χ0v) is 22.5. The molecule has 0 aliphatic heterocycles. The normalized spacial score (nSPS) is 11.0. The minimum atomic E-state index is -4.46. The van der Waals surface area contributed by atoms with E-state index in [2.05, 4.69) is 16.6 Å². The number of rotatable bonds is 6. The van der Waals surface area contributed by atoms with Crippen molar-refractivity contribution in [1.82, 2.24) is 0 Å². The van der Waals surface area contributed by atoms with Crippen LogP contribution in [-0.4, -0.2) is 0 Å². The van der Waals surface area contributed by atoms with Gasteiger partial charge in [0.25, 0.3) is 0 Å². The molecule has 0 saturated heterocycles. The fourth-order valence-corrected chi connectivity index (χ4v) is 3.93. The number of unbranched alkanes of at least 4 members (excludes halogenated alkanes) is 1. The molecule has 0 fully saturated rings. The van der Waals surface area contributed by atoms with Gasteiger partial charge in [-0.05, 0) is 60.9 Å². The van der Waals surface area contributed by atoms with Crippen molar-refractivity contribution >= 4 is 0 Å². The molecule has 0 spiro atoms. The molecule has 0 radical (unpaired) electrons. The minimum Gasteiger partial charge on any atom is -0.429 e. The summed E-state index contributed by atoms with van der Waals surface area (Å²) in [7, 11) is 0. The predicted octanol–water partition coefficient (Wildman–Crippen LogP) is 9.07. The maximum atomic E-state index is 14.8. The van der Waals surface area contributed by atoms with Crippen molar-refractivity contribution in [3.8, 4) is 29.4 Å². The summed E-state index contributed by atoms with van der Waals surface area (Å²) < 4.78 is 146. The number of hydrogen-bond donors (Lipinski definition) is 0. The molecule has 0 bridgehead atoms. The standard InChI is InChI=1S/C33H18F10O/c1-2-3-4-19-12-25(34)22(26(35)13-19)8-5-18-7-10-24(29(38)11-18)33(42,43)44-21-16-27(36)23(28(37)17-21)9-6-20-14-30(39)32(41)31(40)15-20/h7,10-17H,2-4H2,1H3. The number of ether oxygens (including phenoxy) is 1. The van der Waals surface area contributed by atoms with E-state index in [-0.39, 0.29) is 5.56 Å². The lowest BCUT2D eigenvalue weighted by atomic mass is 10.0. The second-order valence-corrected chi connectivity index (χ2v) is 9.37. The van der Waals surface area contributed by atoms with Crippen LogP contribution in [-0.2, 0) is 12.5 Å². The maximum Gasteiger partial charge on any atom is 0.429 e. The molecule has 0 aliphatic rings. The fraction of sp³-hybridized carbons (Fsp3) is 0.152. The summed E-state index contributed by atoms with van der Waals surface area (Å²) in [5.41, 5.74) is -3.15. The first kappa shape index (κ1) is 32.0. The molecule has 4 aromatic rings. The molecule has 0 unspecified atom stereocenters. The number of benzene rings is 4. The molecular weight excluding hydrogens is 602 g/mol. The van der Waals surface area contributed by atoms with E-state index in [0.29, 0.717) is 48.4 Å². The molecular formula is C33H18F10O. The molecule has 11 heteroatoms. The average molecular weight is 620 g/mol. The van der Waals surface area contributed by atoms with Gasteiger partial charge in [0.15, 0.2) is 17.5 Å². The second kappa shape index (κ2) is 13.2. The first-order valence-electron chi connectivity index (χ1n) is 12.8. The minimum absolute atomic E-state index is 0.211. The first-order chi connectivity index (χ1) is 20.8. The Morgan fingerprint density at radius 1 is 0.591 bits per heavy atom. The Hall–Kier alpha value is -4.90. The highest BCUT2D eigenvalue weighted by Crippen LogP contribution is 2.34. The van der Waals surface area contributed by atoms with Gasteiger partial charge in [-0.2, -0.15) is 8.78 Å². The van der Waals surface area contributed by atoms with E-state index in [1.165, 1.54) is 0 Å². The lowest BCUT2D eigenvalue weighted by Crippen LogP contribution is -2.23. The van der Waals surface area contributed by atoms with Crippen LogP contribution in [0.25, 0.3) is 0 Å². The number of alkyl halides is 2. The summed E-state index contributed by atoms with van der Waals surface area (Å²) in [6, 6.07) is 5.92. The summed E-state index contributed by atoms with van der Waals surface area (Å²) in [4.78, 5) is 0. The van der Waals surface area contributed by atoms with Gasteiger partial charge < -0.3 is 4.74 Å². The van der Waals surface area contributed by atoms with Crippen LogP contribution in [0.4, 0.5) is 43.9 Å². The Kier molecular flexibility index (Phi) is 9.59. The SMILES string of the molecule is CCCCc1cc(F)c(C#Cc2ccc(C(F)(F)Oc3cc(F)c(C#Cc4cc(F)c(F)c(F)c4)c(F)c3)c(F)c2)c(F)c1. The Morgan fingerprint density at radius 2 is 1.09 bits per heavy atom. The van der Waals surface area contributed by atoms with Crippen LogP contribution >= 0.6 is 0 Å². The quantitative estimate of drug-likeness (QED) is 0.119. The summed E-state index contributed by atoms with van der Waals surface area (Å²) in [5, 5.41) is 0. The zero-order valence-electron chi connectivity index (χ0n) is 22.5. The van der Waals surface area contributed by atoms with Gasteiger partial charge in [0.05, 0.1) is 11.1 Å². The van der Waals surface area contributed by atoms with E-state index in [1.54, 1.807) is 0 Å². The Morgan fingerprint density at radius 3 is 1.61 bits per heavy atom. The van der Waals surface area contributed by atoms with Crippen molar-refractivity contribution in [3.63, 3.8) is 0 Å². The highest BCUT2D eigenvalue weighted by atomic mass is 19.3. The van der Waals surface area contributed by atoms with E-state index >= 15 is 0 Å². The van der Waals surface area contributed by atoms with Gasteiger partial charge in [-0.1, -0.05) is 37.0 Å². The molecule has 0 amide bonds. The molecule has 4 aromatic carbocycles. The highest BCUT2D eigenvalue weighted by Gasteiger charge is 2.38. The molecule has 0 aromatic heterocycles. The molecule has 0 saturated carbocycles. The van der Waals surface area contributed by atoms with Crippen LogP contribution in [0.2, 0.25) is 0 Å². The van der Waals surface area contributed by atoms with Crippen LogP contribution in [0.3, 0.4) is 0 Å². The number of halogens is 10. The summed E-state index contributed by atoms with van der Waals surface area (Å²) in [5.74, 6) is -3.97. The van der Waals surface area contributed by atoms with E-state index in [0.717, 1.165) is 31.0 Å². The smallest absolute Gasteiger partial charge is 0.429 e. The first-order valence-corrected chi connectivity index (χ1v) is 12.8. The van der Waals surface area contributed by atoms with Crippen molar-refractivity contribution in [2.75, 3.05) is 0 Å². The van der Waals surface area contributed by atoms with E-state index in [9.17, 15) is 43.9 Å². The van der Waals surface area contributed by atoms with Crippen molar-refractivity contribution in [2.24, 2.45) is 0 Å². The van der Waals surface area contributed by atoms with Gasteiger partial charge in [0.2, 0.25) is 0 Å². The molecule has 4 rings (SSSR count). The third-order valence-electron chi connectivity index (χ3n) is 6.11. The maximum absolute atomic E-state index is 14.8. The molecule has 0 N–H and O–H groups in total. The summed E-state index contributed by atoms with van der Waals surface area (Å²) in [6.45, 7) is 1.92. The van der Waals surface area contributed by atoms with Crippen LogP contribution in [0.1, 0.15) is 53.1 Å². The average Bonchev–Trinajstić information content (AvgIpc) is 2.93. The third-order valence-corrected chi connectivity index (χ3v) is 6.11. The van der Waals surface area contributed by atoms with Crippen molar-refractivity contribution in [2.45, 2.75) is 32.3 Å². The second-order valence-electron chi connectivity index (χ2n) is 9.37. The lowest BCUT2D eigenvalue weighted by molar-refractivity contribution is -0.187. The van der Waals surface area contributed by atoms with Gasteiger partial charge in [-0.15, -0.1) is 0 Å². The predicted molar refractivity (Wildman–Crippen MR) is 141 cm³/mol. The van der Waals surface area contributed by atoms with E-state index in [4.69, 9.17) is 0 Å². The number of aryl methyl sites for hydroxylation is 1. The molecule has 1 nitrogen and oxygen atoms in total. The number of hydrogen-bond acceptors (Lipinski definition) is 1. The highest BCUT2D eigenvalue weighted by molar-refractivity contribution is 5.48. The van der Waals surface area contributed by atoms with E-state index < -0.39 is 80.6 Å². The monoisotopic (exact) mass is 620 g/mol. The van der Waals surface area contributed by atoms with Gasteiger partial charge in [-0.25, -0.2) is 35.1 Å². The van der Waals surface area contributed by atoms with Crippen LogP contribution in [0, 0.1) is 70.2 Å². The van der Waals surface area contributed by atoms with Crippen molar-refractivity contribution in [3.05, 3.63) is 135 Å².